The fourth-order valence-corrected chi connectivity index (χ4v) is 1.90. The molecular formula is C18H20O2. The second-order valence-electron chi connectivity index (χ2n) is 4.48. The maximum atomic E-state index is 5.62. The quantitative estimate of drug-likeness (QED) is 0.698. The highest BCUT2D eigenvalue weighted by Gasteiger charge is 1.93. The molecule has 0 atom stereocenters. The third-order valence-electron chi connectivity index (χ3n) is 3.01. The van der Waals surface area contributed by atoms with Gasteiger partial charge in [-0.05, 0) is 42.7 Å². The zero-order valence-corrected chi connectivity index (χ0v) is 11.8. The molecule has 2 rings (SSSR count). The summed E-state index contributed by atoms with van der Waals surface area (Å²) in [4.78, 5) is 0. The second-order valence-corrected chi connectivity index (χ2v) is 4.48. The number of methoxy groups -OCH3 is 1. The number of hydrogen-bond acceptors (Lipinski definition) is 2. The number of benzene rings is 2. The first-order valence-corrected chi connectivity index (χ1v) is 6.84. The molecule has 0 aliphatic carbocycles. The summed E-state index contributed by atoms with van der Waals surface area (Å²) in [5.74, 6) is 1.70. The Balaban J connectivity index is 1.66. The van der Waals surface area contributed by atoms with Crippen molar-refractivity contribution in [2.45, 2.75) is 12.8 Å². The van der Waals surface area contributed by atoms with Gasteiger partial charge in [0.25, 0.3) is 0 Å². The van der Waals surface area contributed by atoms with E-state index in [1.807, 2.05) is 30.3 Å². The molecule has 2 aromatic carbocycles. The van der Waals surface area contributed by atoms with E-state index in [0.29, 0.717) is 6.61 Å². The van der Waals surface area contributed by atoms with Crippen molar-refractivity contribution in [3.63, 3.8) is 0 Å². The summed E-state index contributed by atoms with van der Waals surface area (Å²) in [6.07, 6.45) is 6.33. The lowest BCUT2D eigenvalue weighted by Gasteiger charge is -2.04. The summed E-state index contributed by atoms with van der Waals surface area (Å²) in [7, 11) is 1.66. The lowest BCUT2D eigenvalue weighted by molar-refractivity contribution is 0.360. The molecule has 2 aromatic rings. The molecule has 2 nitrogen and oxygen atoms in total. The minimum atomic E-state index is 0.598. The van der Waals surface area contributed by atoms with Crippen LogP contribution in [0.1, 0.15) is 12.0 Å². The van der Waals surface area contributed by atoms with Crippen molar-refractivity contribution >= 4 is 0 Å². The normalized spacial score (nSPS) is 10.7. The predicted octanol–water partition coefficient (Wildman–Crippen LogP) is 4.26. The van der Waals surface area contributed by atoms with Gasteiger partial charge in [0.1, 0.15) is 18.1 Å². The molecule has 0 saturated carbocycles. The Kier molecular flexibility index (Phi) is 5.71. The fraction of sp³-hybridized carbons (Fsp3) is 0.222. The largest absolute Gasteiger partial charge is 0.497 e. The maximum absolute atomic E-state index is 5.62. The minimum Gasteiger partial charge on any atom is -0.497 e. The molecule has 0 bridgehead atoms. The van der Waals surface area contributed by atoms with Gasteiger partial charge < -0.3 is 9.47 Å². The van der Waals surface area contributed by atoms with E-state index in [4.69, 9.17) is 9.47 Å². The molecule has 2 heteroatoms. The lowest BCUT2D eigenvalue weighted by atomic mass is 10.1. The van der Waals surface area contributed by atoms with E-state index in [-0.39, 0.29) is 0 Å². The molecule has 0 saturated heterocycles. The van der Waals surface area contributed by atoms with E-state index in [1.54, 1.807) is 7.11 Å². The van der Waals surface area contributed by atoms with Gasteiger partial charge in [0, 0.05) is 0 Å². The molecule has 0 N–H and O–H groups in total. The standard InChI is InChI=1S/C18H20O2/c1-19-17-11-13-18(14-12-17)20-15-7-3-6-10-16-8-4-2-5-9-16/h2-5,7-9,11-14H,6,10,15H2,1H3/b7-3+. The highest BCUT2D eigenvalue weighted by Crippen LogP contribution is 2.16. The van der Waals surface area contributed by atoms with Crippen molar-refractivity contribution < 1.29 is 9.47 Å². The third-order valence-corrected chi connectivity index (χ3v) is 3.01. The first kappa shape index (κ1) is 14.2. The van der Waals surface area contributed by atoms with Gasteiger partial charge in [-0.25, -0.2) is 0 Å². The van der Waals surface area contributed by atoms with Gasteiger partial charge in [-0.1, -0.05) is 42.5 Å². The van der Waals surface area contributed by atoms with E-state index >= 15 is 0 Å². The topological polar surface area (TPSA) is 18.5 Å². The van der Waals surface area contributed by atoms with Crippen LogP contribution >= 0.6 is 0 Å². The Morgan fingerprint density at radius 2 is 1.55 bits per heavy atom. The van der Waals surface area contributed by atoms with Crippen molar-refractivity contribution in [1.82, 2.24) is 0 Å². The van der Waals surface area contributed by atoms with Gasteiger partial charge in [-0.15, -0.1) is 0 Å². The number of hydrogen-bond donors (Lipinski definition) is 0. The molecule has 104 valence electrons. The van der Waals surface area contributed by atoms with Crippen LogP contribution in [0.25, 0.3) is 0 Å². The summed E-state index contributed by atoms with van der Waals surface area (Å²) in [6.45, 7) is 0.598. The van der Waals surface area contributed by atoms with Gasteiger partial charge in [-0.2, -0.15) is 0 Å². The third kappa shape index (κ3) is 4.81. The number of allylic oxidation sites excluding steroid dienone is 1. The molecule has 0 aliphatic heterocycles. The van der Waals surface area contributed by atoms with E-state index < -0.39 is 0 Å². The molecule has 20 heavy (non-hydrogen) atoms. The SMILES string of the molecule is COc1ccc(OC/C=C/CCc2ccccc2)cc1. The Morgan fingerprint density at radius 3 is 2.25 bits per heavy atom. The lowest BCUT2D eigenvalue weighted by Crippen LogP contribution is -1.93. The van der Waals surface area contributed by atoms with E-state index in [1.165, 1.54) is 5.56 Å². The van der Waals surface area contributed by atoms with Crippen LogP contribution in [0.5, 0.6) is 11.5 Å². The van der Waals surface area contributed by atoms with Crippen LogP contribution in [0.3, 0.4) is 0 Å². The molecule has 0 aliphatic rings. The fourth-order valence-electron chi connectivity index (χ4n) is 1.90. The maximum Gasteiger partial charge on any atom is 0.120 e. The van der Waals surface area contributed by atoms with E-state index in [0.717, 1.165) is 24.3 Å². The molecule has 0 spiro atoms. The van der Waals surface area contributed by atoms with Gasteiger partial charge >= 0.3 is 0 Å². The Morgan fingerprint density at radius 1 is 0.850 bits per heavy atom. The summed E-state index contributed by atoms with van der Waals surface area (Å²) in [5.41, 5.74) is 1.37. The molecular weight excluding hydrogens is 248 g/mol. The summed E-state index contributed by atoms with van der Waals surface area (Å²) in [6, 6.07) is 18.1. The van der Waals surface area contributed by atoms with Crippen molar-refractivity contribution in [2.75, 3.05) is 13.7 Å². The summed E-state index contributed by atoms with van der Waals surface area (Å²) < 4.78 is 10.7. The van der Waals surface area contributed by atoms with Crippen LogP contribution in [0, 0.1) is 0 Å². The van der Waals surface area contributed by atoms with Gasteiger partial charge in [0.05, 0.1) is 7.11 Å². The Labute approximate surface area is 120 Å². The summed E-state index contributed by atoms with van der Waals surface area (Å²) in [5, 5.41) is 0. The highest BCUT2D eigenvalue weighted by atomic mass is 16.5. The first-order chi connectivity index (χ1) is 9.88. The average molecular weight is 268 g/mol. The van der Waals surface area contributed by atoms with Gasteiger partial charge in [0.2, 0.25) is 0 Å². The molecule has 0 fully saturated rings. The Bertz CT molecular complexity index is 515. The van der Waals surface area contributed by atoms with Crippen molar-refractivity contribution in [1.29, 1.82) is 0 Å². The van der Waals surface area contributed by atoms with Crippen LogP contribution in [-0.4, -0.2) is 13.7 Å². The zero-order chi connectivity index (χ0) is 14.0. The Hall–Kier alpha value is -2.22. The zero-order valence-electron chi connectivity index (χ0n) is 11.8. The van der Waals surface area contributed by atoms with Crippen LogP contribution in [0.4, 0.5) is 0 Å². The van der Waals surface area contributed by atoms with Crippen molar-refractivity contribution in [2.24, 2.45) is 0 Å². The molecule has 0 unspecified atom stereocenters. The summed E-state index contributed by atoms with van der Waals surface area (Å²) >= 11 is 0. The number of aryl methyl sites for hydroxylation is 1. The van der Waals surface area contributed by atoms with Crippen LogP contribution in [-0.2, 0) is 6.42 Å². The number of ether oxygens (including phenoxy) is 2. The monoisotopic (exact) mass is 268 g/mol. The number of rotatable bonds is 7. The predicted molar refractivity (Wildman–Crippen MR) is 82.4 cm³/mol. The molecule has 0 heterocycles. The minimum absolute atomic E-state index is 0.598. The highest BCUT2D eigenvalue weighted by molar-refractivity contribution is 5.31. The van der Waals surface area contributed by atoms with Crippen LogP contribution in [0.15, 0.2) is 66.7 Å². The van der Waals surface area contributed by atoms with E-state index in [2.05, 4.69) is 36.4 Å². The van der Waals surface area contributed by atoms with Crippen LogP contribution in [0.2, 0.25) is 0 Å². The van der Waals surface area contributed by atoms with Crippen molar-refractivity contribution in [3.8, 4) is 11.5 Å². The second kappa shape index (κ2) is 8.05. The average Bonchev–Trinajstić information content (AvgIpc) is 2.52. The van der Waals surface area contributed by atoms with Gasteiger partial charge in [-0.3, -0.25) is 0 Å². The van der Waals surface area contributed by atoms with Crippen LogP contribution < -0.4 is 9.47 Å². The van der Waals surface area contributed by atoms with Crippen molar-refractivity contribution in [3.05, 3.63) is 72.3 Å². The first-order valence-electron chi connectivity index (χ1n) is 6.84. The van der Waals surface area contributed by atoms with E-state index in [9.17, 15) is 0 Å². The van der Waals surface area contributed by atoms with Gasteiger partial charge in [0.15, 0.2) is 0 Å². The smallest absolute Gasteiger partial charge is 0.120 e. The molecule has 0 radical (unpaired) electrons. The molecule has 0 aromatic heterocycles. The molecule has 0 amide bonds.